The Morgan fingerprint density at radius 1 is 1.00 bits per heavy atom. The summed E-state index contributed by atoms with van der Waals surface area (Å²) in [6, 6.07) is 12.7. The number of hydrogen-bond acceptors (Lipinski definition) is 7. The highest BCUT2D eigenvalue weighted by Crippen LogP contribution is 2.24. The van der Waals surface area contributed by atoms with Crippen LogP contribution in [0, 0.1) is 0 Å². The average molecular weight is 478 g/mol. The van der Waals surface area contributed by atoms with E-state index in [9.17, 15) is 13.2 Å². The minimum atomic E-state index is -3.86. The first kappa shape index (κ1) is 25.0. The number of carbonyl (C=O) groups is 1. The van der Waals surface area contributed by atoms with Crippen LogP contribution in [0.15, 0.2) is 53.4 Å². The largest absolute Gasteiger partial charge is 0.497 e. The van der Waals surface area contributed by atoms with E-state index in [1.54, 1.807) is 19.2 Å². The lowest BCUT2D eigenvalue weighted by Gasteiger charge is -2.35. The maximum absolute atomic E-state index is 12.8. The number of morpholine rings is 1. The fourth-order valence-electron chi connectivity index (χ4n) is 3.63. The van der Waals surface area contributed by atoms with E-state index in [2.05, 4.69) is 14.9 Å². The van der Waals surface area contributed by atoms with Gasteiger partial charge in [-0.25, -0.2) is 8.42 Å². The summed E-state index contributed by atoms with van der Waals surface area (Å²) in [5, 5.41) is 2.90. The second-order valence-electron chi connectivity index (χ2n) is 7.70. The van der Waals surface area contributed by atoms with Gasteiger partial charge in [0.05, 0.1) is 44.4 Å². The van der Waals surface area contributed by atoms with E-state index in [4.69, 9.17) is 14.2 Å². The lowest BCUT2D eigenvalue weighted by molar-refractivity contribution is -0.122. The van der Waals surface area contributed by atoms with E-state index < -0.39 is 22.0 Å². The van der Waals surface area contributed by atoms with Gasteiger partial charge in [0, 0.05) is 19.6 Å². The van der Waals surface area contributed by atoms with Crippen LogP contribution in [0.3, 0.4) is 0 Å². The predicted molar refractivity (Wildman–Crippen MR) is 124 cm³/mol. The Morgan fingerprint density at radius 3 is 2.09 bits per heavy atom. The van der Waals surface area contributed by atoms with Gasteiger partial charge in [-0.1, -0.05) is 12.1 Å². The second-order valence-corrected chi connectivity index (χ2v) is 9.41. The Morgan fingerprint density at radius 2 is 1.55 bits per heavy atom. The van der Waals surface area contributed by atoms with E-state index in [0.29, 0.717) is 25.5 Å². The number of nitrogens with one attached hydrogen (secondary N) is 2. The first-order valence-corrected chi connectivity index (χ1v) is 12.2. The molecule has 0 saturated carbocycles. The zero-order valence-corrected chi connectivity index (χ0v) is 19.9. The van der Waals surface area contributed by atoms with Gasteiger partial charge in [-0.15, -0.1) is 0 Å². The molecule has 9 nitrogen and oxygen atoms in total. The Labute approximate surface area is 195 Å². The van der Waals surface area contributed by atoms with Gasteiger partial charge in [0.15, 0.2) is 0 Å². The number of amides is 1. The normalized spacial score (nSPS) is 16.6. The zero-order valence-electron chi connectivity index (χ0n) is 19.1. The molecule has 33 heavy (non-hydrogen) atoms. The molecule has 2 aromatic carbocycles. The highest BCUT2D eigenvalue weighted by Gasteiger charge is 2.26. The van der Waals surface area contributed by atoms with Crippen molar-refractivity contribution in [3.8, 4) is 11.5 Å². The van der Waals surface area contributed by atoms with E-state index in [-0.39, 0.29) is 10.9 Å². The molecule has 3 rings (SSSR count). The number of methoxy groups -OCH3 is 2. The summed E-state index contributed by atoms with van der Waals surface area (Å²) in [6.07, 6.45) is 0. The fourth-order valence-corrected chi connectivity index (χ4v) is 4.84. The molecule has 1 unspecified atom stereocenters. The van der Waals surface area contributed by atoms with Crippen LogP contribution in [0.5, 0.6) is 11.5 Å². The molecule has 0 aliphatic carbocycles. The molecule has 2 atom stereocenters. The minimum Gasteiger partial charge on any atom is -0.497 e. The molecule has 1 fully saturated rings. The number of rotatable bonds is 10. The summed E-state index contributed by atoms with van der Waals surface area (Å²) in [5.74, 6) is 0.899. The van der Waals surface area contributed by atoms with Crippen molar-refractivity contribution in [3.05, 3.63) is 54.1 Å². The number of nitrogens with zero attached hydrogens (tertiary/aromatic N) is 1. The van der Waals surface area contributed by atoms with Gasteiger partial charge in [-0.2, -0.15) is 4.72 Å². The number of hydrogen-bond donors (Lipinski definition) is 2. The smallest absolute Gasteiger partial charge is 0.241 e. The van der Waals surface area contributed by atoms with E-state index >= 15 is 0 Å². The summed E-state index contributed by atoms with van der Waals surface area (Å²) in [6.45, 7) is 4.59. The van der Waals surface area contributed by atoms with Gasteiger partial charge in [0.2, 0.25) is 15.9 Å². The van der Waals surface area contributed by atoms with E-state index in [1.807, 2.05) is 24.3 Å². The molecular weight excluding hydrogens is 446 g/mol. The number of benzene rings is 2. The SMILES string of the molecule is COc1ccc(C(CNC(=O)[C@H](C)NS(=O)(=O)c2ccc(OC)cc2)N2CCOCC2)cc1. The van der Waals surface area contributed by atoms with Crippen molar-refractivity contribution >= 4 is 15.9 Å². The molecule has 1 aliphatic rings. The van der Waals surface area contributed by atoms with Crippen molar-refractivity contribution in [2.24, 2.45) is 0 Å². The molecule has 1 amide bonds. The molecule has 10 heteroatoms. The number of ether oxygens (including phenoxy) is 3. The molecular formula is C23H31N3O6S. The molecule has 1 saturated heterocycles. The predicted octanol–water partition coefficient (Wildman–Crippen LogP) is 1.56. The van der Waals surface area contributed by atoms with Gasteiger partial charge in [0.25, 0.3) is 0 Å². The maximum Gasteiger partial charge on any atom is 0.241 e. The topological polar surface area (TPSA) is 106 Å². The third-order valence-corrected chi connectivity index (χ3v) is 7.11. The van der Waals surface area contributed by atoms with Crippen LogP contribution in [0.2, 0.25) is 0 Å². The minimum absolute atomic E-state index is 0.0624. The van der Waals surface area contributed by atoms with Crippen molar-refractivity contribution < 1.29 is 27.4 Å². The number of carbonyl (C=O) groups excluding carboxylic acids is 1. The monoisotopic (exact) mass is 477 g/mol. The van der Waals surface area contributed by atoms with Crippen LogP contribution in [-0.4, -0.2) is 72.3 Å². The summed E-state index contributed by atoms with van der Waals surface area (Å²) in [5.41, 5.74) is 1.03. The van der Waals surface area contributed by atoms with Crippen LogP contribution in [0.1, 0.15) is 18.5 Å². The Bertz CT molecular complexity index is 1010. The molecule has 1 heterocycles. The van der Waals surface area contributed by atoms with Gasteiger partial charge in [-0.3, -0.25) is 9.69 Å². The van der Waals surface area contributed by atoms with Crippen molar-refractivity contribution in [2.75, 3.05) is 47.1 Å². The average Bonchev–Trinajstić information content (AvgIpc) is 2.84. The van der Waals surface area contributed by atoms with Crippen molar-refractivity contribution in [1.29, 1.82) is 0 Å². The zero-order chi connectivity index (χ0) is 23.8. The first-order chi connectivity index (χ1) is 15.8. The van der Waals surface area contributed by atoms with Crippen LogP contribution in [0.4, 0.5) is 0 Å². The highest BCUT2D eigenvalue weighted by molar-refractivity contribution is 7.89. The van der Waals surface area contributed by atoms with Crippen molar-refractivity contribution in [2.45, 2.75) is 23.9 Å². The summed E-state index contributed by atoms with van der Waals surface area (Å²) < 4.78 is 43.5. The quantitative estimate of drug-likeness (QED) is 0.535. The van der Waals surface area contributed by atoms with Gasteiger partial charge in [-0.05, 0) is 48.9 Å². The highest BCUT2D eigenvalue weighted by atomic mass is 32.2. The molecule has 0 radical (unpaired) electrons. The summed E-state index contributed by atoms with van der Waals surface area (Å²) in [4.78, 5) is 15.1. The molecule has 0 bridgehead atoms. The van der Waals surface area contributed by atoms with Crippen molar-refractivity contribution in [3.63, 3.8) is 0 Å². The Balaban J connectivity index is 1.65. The van der Waals surface area contributed by atoms with Crippen LogP contribution < -0.4 is 19.5 Å². The van der Waals surface area contributed by atoms with Gasteiger partial charge < -0.3 is 19.5 Å². The molecule has 2 N–H and O–H groups in total. The van der Waals surface area contributed by atoms with Gasteiger partial charge in [0.1, 0.15) is 11.5 Å². The Hall–Kier alpha value is -2.66. The molecule has 0 aromatic heterocycles. The Kier molecular flexibility index (Phi) is 8.67. The maximum atomic E-state index is 12.8. The van der Waals surface area contributed by atoms with Crippen LogP contribution in [0.25, 0.3) is 0 Å². The van der Waals surface area contributed by atoms with Crippen LogP contribution in [-0.2, 0) is 19.6 Å². The fraction of sp³-hybridized carbons (Fsp3) is 0.435. The van der Waals surface area contributed by atoms with Crippen molar-refractivity contribution in [1.82, 2.24) is 14.9 Å². The third-order valence-electron chi connectivity index (χ3n) is 5.55. The van der Waals surface area contributed by atoms with E-state index in [1.165, 1.54) is 26.2 Å². The van der Waals surface area contributed by atoms with E-state index in [0.717, 1.165) is 24.4 Å². The lowest BCUT2D eigenvalue weighted by atomic mass is 10.0. The molecule has 1 aliphatic heterocycles. The lowest BCUT2D eigenvalue weighted by Crippen LogP contribution is -2.48. The summed E-state index contributed by atoms with van der Waals surface area (Å²) >= 11 is 0. The standard InChI is InChI=1S/C23H31N3O6S/c1-17(25-33(28,29)21-10-8-20(31-3)9-11-21)23(27)24-16-22(26-12-14-32-15-13-26)18-4-6-19(30-2)7-5-18/h4-11,17,22,25H,12-16H2,1-3H3,(H,24,27)/t17-,22?/m0/s1. The first-order valence-electron chi connectivity index (χ1n) is 10.7. The molecule has 2 aromatic rings. The summed E-state index contributed by atoms with van der Waals surface area (Å²) in [7, 11) is -0.737. The van der Waals surface area contributed by atoms with Gasteiger partial charge >= 0.3 is 0 Å². The molecule has 0 spiro atoms. The number of sulfonamides is 1. The molecule has 180 valence electrons. The third kappa shape index (κ3) is 6.67. The second kappa shape index (κ2) is 11.5. The van der Waals surface area contributed by atoms with Crippen LogP contribution >= 0.6 is 0 Å².